The average Bonchev–Trinajstić information content (AvgIpc) is 3.39. The number of carbonyl (C=O) groups is 3. The van der Waals surface area contributed by atoms with E-state index in [1.807, 2.05) is 0 Å². The Hall–Kier alpha value is -3.13. The Morgan fingerprint density at radius 2 is 1.77 bits per heavy atom. The number of hydrogen-bond acceptors (Lipinski definition) is 5. The van der Waals surface area contributed by atoms with Gasteiger partial charge in [-0.1, -0.05) is 30.3 Å². The minimum absolute atomic E-state index is 0.205. The number of benzene rings is 2. The summed E-state index contributed by atoms with van der Waals surface area (Å²) in [6.07, 6.45) is 3.50. The van der Waals surface area contributed by atoms with Crippen molar-refractivity contribution < 1.29 is 23.5 Å². The highest BCUT2D eigenvalue weighted by Gasteiger charge is 2.37. The number of amides is 3. The van der Waals surface area contributed by atoms with E-state index in [4.69, 9.17) is 4.74 Å². The Morgan fingerprint density at radius 1 is 1.06 bits per heavy atom. The van der Waals surface area contributed by atoms with Gasteiger partial charge >= 0.3 is 0 Å². The molecule has 8 heteroatoms. The van der Waals surface area contributed by atoms with E-state index in [-0.39, 0.29) is 29.8 Å². The second-order valence-electron chi connectivity index (χ2n) is 7.31. The molecule has 0 saturated carbocycles. The highest BCUT2D eigenvalue weighted by Crippen LogP contribution is 2.34. The molecule has 2 aromatic rings. The quantitative estimate of drug-likeness (QED) is 0.634. The van der Waals surface area contributed by atoms with Gasteiger partial charge in [0.05, 0.1) is 4.91 Å². The summed E-state index contributed by atoms with van der Waals surface area (Å²) in [4.78, 5) is 40.4. The summed E-state index contributed by atoms with van der Waals surface area (Å²) in [5, 5.41) is -0.450. The number of thioether (sulfide) groups is 1. The van der Waals surface area contributed by atoms with Gasteiger partial charge in [0, 0.05) is 18.7 Å². The lowest BCUT2D eigenvalue weighted by molar-refractivity contribution is -0.135. The number of nitrogens with zero attached hydrogens (tertiary/aromatic N) is 2. The second-order valence-corrected chi connectivity index (χ2v) is 8.30. The molecule has 2 fully saturated rings. The predicted molar refractivity (Wildman–Crippen MR) is 116 cm³/mol. The van der Waals surface area contributed by atoms with Crippen LogP contribution in [-0.4, -0.2) is 46.5 Å². The molecule has 4 rings (SSSR count). The molecule has 160 valence electrons. The van der Waals surface area contributed by atoms with Crippen LogP contribution in [0.4, 0.5) is 9.18 Å². The molecule has 0 bridgehead atoms. The highest BCUT2D eigenvalue weighted by atomic mass is 32.2. The molecular formula is C23H21FN2O4S. The van der Waals surface area contributed by atoms with Crippen molar-refractivity contribution in [1.29, 1.82) is 0 Å². The fourth-order valence-electron chi connectivity index (χ4n) is 3.45. The van der Waals surface area contributed by atoms with Crippen LogP contribution in [0.2, 0.25) is 0 Å². The van der Waals surface area contributed by atoms with Crippen molar-refractivity contribution in [3.63, 3.8) is 0 Å². The highest BCUT2D eigenvalue weighted by molar-refractivity contribution is 8.18. The number of ether oxygens (including phenoxy) is 1. The number of likely N-dealkylation sites (tertiary alicyclic amines) is 1. The summed E-state index contributed by atoms with van der Waals surface area (Å²) in [5.74, 6) is -0.463. The van der Waals surface area contributed by atoms with Crippen molar-refractivity contribution in [2.24, 2.45) is 0 Å². The topological polar surface area (TPSA) is 66.9 Å². The third-order valence-electron chi connectivity index (χ3n) is 5.14. The minimum Gasteiger partial charge on any atom is -0.488 e. The summed E-state index contributed by atoms with van der Waals surface area (Å²) in [6, 6.07) is 13.2. The molecule has 3 amide bonds. The van der Waals surface area contributed by atoms with Crippen LogP contribution in [0.5, 0.6) is 5.75 Å². The van der Waals surface area contributed by atoms with Crippen molar-refractivity contribution in [3.8, 4) is 5.75 Å². The molecule has 31 heavy (non-hydrogen) atoms. The molecule has 2 heterocycles. The second kappa shape index (κ2) is 9.34. The zero-order valence-corrected chi connectivity index (χ0v) is 17.6. The summed E-state index contributed by atoms with van der Waals surface area (Å²) < 4.78 is 18.9. The first-order valence-corrected chi connectivity index (χ1v) is 10.8. The van der Waals surface area contributed by atoms with Gasteiger partial charge in [-0.3, -0.25) is 19.3 Å². The summed E-state index contributed by atoms with van der Waals surface area (Å²) in [5.41, 5.74) is 1.44. The largest absolute Gasteiger partial charge is 0.488 e. The van der Waals surface area contributed by atoms with Crippen LogP contribution in [0.3, 0.4) is 0 Å². The smallest absolute Gasteiger partial charge is 0.294 e. The van der Waals surface area contributed by atoms with Crippen LogP contribution in [0.15, 0.2) is 53.4 Å². The van der Waals surface area contributed by atoms with E-state index in [2.05, 4.69) is 0 Å². The van der Waals surface area contributed by atoms with Gasteiger partial charge in [0.2, 0.25) is 5.91 Å². The van der Waals surface area contributed by atoms with E-state index in [0.717, 1.165) is 35.1 Å². The van der Waals surface area contributed by atoms with Gasteiger partial charge in [-0.05, 0) is 54.4 Å². The normalized spacial score (nSPS) is 17.6. The van der Waals surface area contributed by atoms with Crippen molar-refractivity contribution in [1.82, 2.24) is 9.80 Å². The van der Waals surface area contributed by atoms with Gasteiger partial charge in [-0.25, -0.2) is 4.39 Å². The summed E-state index contributed by atoms with van der Waals surface area (Å²) >= 11 is 0.817. The lowest BCUT2D eigenvalue weighted by Gasteiger charge is -2.18. The number of imide groups is 1. The third kappa shape index (κ3) is 4.96. The van der Waals surface area contributed by atoms with Gasteiger partial charge in [-0.15, -0.1) is 0 Å². The van der Waals surface area contributed by atoms with Crippen molar-refractivity contribution in [3.05, 3.63) is 70.4 Å². The van der Waals surface area contributed by atoms with Crippen LogP contribution in [0.25, 0.3) is 6.08 Å². The summed E-state index contributed by atoms with van der Waals surface area (Å²) in [6.45, 7) is 1.34. The van der Waals surface area contributed by atoms with E-state index in [1.165, 1.54) is 12.1 Å². The molecule has 2 saturated heterocycles. The molecule has 0 aliphatic carbocycles. The van der Waals surface area contributed by atoms with Crippen LogP contribution in [-0.2, 0) is 16.2 Å². The van der Waals surface area contributed by atoms with E-state index in [0.29, 0.717) is 24.4 Å². The molecule has 0 aromatic heterocycles. The number of hydrogen-bond donors (Lipinski definition) is 0. The van der Waals surface area contributed by atoms with Crippen LogP contribution in [0, 0.1) is 5.82 Å². The maximum Gasteiger partial charge on any atom is 0.294 e. The number of halogens is 1. The molecule has 0 unspecified atom stereocenters. The Kier molecular flexibility index (Phi) is 6.36. The van der Waals surface area contributed by atoms with Crippen LogP contribution in [0.1, 0.15) is 24.0 Å². The molecule has 0 N–H and O–H groups in total. The zero-order valence-electron chi connectivity index (χ0n) is 16.8. The Bertz CT molecular complexity index is 1030. The maximum atomic E-state index is 13.1. The van der Waals surface area contributed by atoms with Crippen molar-refractivity contribution in [2.75, 3.05) is 19.6 Å². The average molecular weight is 440 g/mol. The Labute approximate surface area is 183 Å². The Morgan fingerprint density at radius 3 is 2.52 bits per heavy atom. The first-order chi connectivity index (χ1) is 15.0. The van der Waals surface area contributed by atoms with Crippen molar-refractivity contribution in [2.45, 2.75) is 19.4 Å². The van der Waals surface area contributed by atoms with Gasteiger partial charge in [0.15, 0.2) is 0 Å². The third-order valence-corrected chi connectivity index (χ3v) is 6.05. The van der Waals surface area contributed by atoms with Crippen LogP contribution >= 0.6 is 11.8 Å². The van der Waals surface area contributed by atoms with Crippen LogP contribution < -0.4 is 4.74 Å². The van der Waals surface area contributed by atoms with Gasteiger partial charge < -0.3 is 9.64 Å². The first kappa shape index (κ1) is 21.1. The molecular weight excluding hydrogens is 419 g/mol. The first-order valence-electron chi connectivity index (χ1n) is 10.0. The number of rotatable bonds is 6. The fraction of sp³-hybridized carbons (Fsp3) is 0.261. The van der Waals surface area contributed by atoms with Gasteiger partial charge in [0.1, 0.15) is 24.7 Å². The summed E-state index contributed by atoms with van der Waals surface area (Å²) in [7, 11) is 0. The SMILES string of the molecule is O=C(CN1C(=O)S/C(=C\c2ccccc2OCc2ccc(F)cc2)C1=O)N1CCCC1. The van der Waals surface area contributed by atoms with Crippen molar-refractivity contribution >= 4 is 34.9 Å². The minimum atomic E-state index is -0.476. The van der Waals surface area contributed by atoms with E-state index in [9.17, 15) is 18.8 Å². The monoisotopic (exact) mass is 440 g/mol. The molecule has 0 radical (unpaired) electrons. The number of para-hydroxylation sites is 1. The van der Waals surface area contributed by atoms with Gasteiger partial charge in [-0.2, -0.15) is 0 Å². The predicted octanol–water partition coefficient (Wildman–Crippen LogP) is 4.06. The standard InChI is InChI=1S/C23H21FN2O4S/c24-18-9-7-16(8-10-18)15-30-19-6-2-1-5-17(19)13-20-22(28)26(23(29)31-20)14-21(27)25-11-3-4-12-25/h1-2,5-10,13H,3-4,11-12,14-15H2/b20-13-. The number of carbonyl (C=O) groups excluding carboxylic acids is 3. The Balaban J connectivity index is 1.46. The molecule has 2 aromatic carbocycles. The molecule has 6 nitrogen and oxygen atoms in total. The zero-order chi connectivity index (χ0) is 21.8. The van der Waals surface area contributed by atoms with E-state index >= 15 is 0 Å². The molecule has 2 aliphatic rings. The lowest BCUT2D eigenvalue weighted by Crippen LogP contribution is -2.40. The fourth-order valence-corrected chi connectivity index (χ4v) is 4.28. The molecule has 0 atom stereocenters. The molecule has 0 spiro atoms. The molecule has 2 aliphatic heterocycles. The van der Waals surface area contributed by atoms with E-state index < -0.39 is 11.1 Å². The maximum absolute atomic E-state index is 13.1. The van der Waals surface area contributed by atoms with Gasteiger partial charge in [0.25, 0.3) is 11.1 Å². The van der Waals surface area contributed by atoms with E-state index in [1.54, 1.807) is 47.4 Å². The lowest BCUT2D eigenvalue weighted by atomic mass is 10.1.